The van der Waals surface area contributed by atoms with Crippen molar-refractivity contribution in [2.75, 3.05) is 13.2 Å². The molecule has 0 aliphatic rings. The van der Waals surface area contributed by atoms with E-state index in [9.17, 15) is 9.59 Å². The smallest absolute Gasteiger partial charge is 0.320 e. The van der Waals surface area contributed by atoms with Crippen molar-refractivity contribution in [3.05, 3.63) is 0 Å². The van der Waals surface area contributed by atoms with E-state index in [1.165, 1.54) is 32.1 Å². The summed E-state index contributed by atoms with van der Waals surface area (Å²) in [6.07, 6.45) is 15.9. The summed E-state index contributed by atoms with van der Waals surface area (Å²) < 4.78 is 10.9. The van der Waals surface area contributed by atoms with Crippen LogP contribution in [-0.2, 0) is 19.1 Å². The lowest BCUT2D eigenvalue weighted by atomic mass is 10.00. The van der Waals surface area contributed by atoms with Crippen molar-refractivity contribution in [1.29, 1.82) is 0 Å². The van der Waals surface area contributed by atoms with Crippen LogP contribution in [0.25, 0.3) is 0 Å². The average molecular weight is 441 g/mol. The van der Waals surface area contributed by atoms with Crippen LogP contribution in [0.4, 0.5) is 0 Å². The molecule has 0 saturated carbocycles. The second-order valence-corrected chi connectivity index (χ2v) is 9.93. The monoisotopic (exact) mass is 440 g/mol. The highest BCUT2D eigenvalue weighted by Gasteiger charge is 2.29. The lowest BCUT2D eigenvalue weighted by Gasteiger charge is -2.16. The molecule has 0 saturated heterocycles. The molecule has 0 aliphatic heterocycles. The molecule has 0 bridgehead atoms. The third-order valence-electron chi connectivity index (χ3n) is 5.76. The zero-order chi connectivity index (χ0) is 23.3. The summed E-state index contributed by atoms with van der Waals surface area (Å²) in [7, 11) is 0. The number of unbranched alkanes of at least 4 members (excludes halogenated alkanes) is 9. The summed E-state index contributed by atoms with van der Waals surface area (Å²) in [5.41, 5.74) is 0. The lowest BCUT2D eigenvalue weighted by Crippen LogP contribution is -2.28. The second-order valence-electron chi connectivity index (χ2n) is 9.93. The Morgan fingerprint density at radius 1 is 0.548 bits per heavy atom. The van der Waals surface area contributed by atoms with Crippen LogP contribution in [0.2, 0.25) is 0 Å². The molecule has 0 aliphatic carbocycles. The van der Waals surface area contributed by atoms with Crippen molar-refractivity contribution in [3.63, 3.8) is 0 Å². The van der Waals surface area contributed by atoms with E-state index in [1.54, 1.807) is 0 Å². The summed E-state index contributed by atoms with van der Waals surface area (Å²) >= 11 is 0. The van der Waals surface area contributed by atoms with Gasteiger partial charge in [0.15, 0.2) is 5.92 Å². The number of rotatable bonds is 21. The summed E-state index contributed by atoms with van der Waals surface area (Å²) in [4.78, 5) is 25.2. The summed E-state index contributed by atoms with van der Waals surface area (Å²) in [5.74, 6) is -0.101. The molecule has 4 nitrogen and oxygen atoms in total. The van der Waals surface area contributed by atoms with Gasteiger partial charge in [0, 0.05) is 0 Å². The summed E-state index contributed by atoms with van der Waals surface area (Å²) in [6, 6.07) is 0. The highest BCUT2D eigenvalue weighted by atomic mass is 16.6. The molecule has 31 heavy (non-hydrogen) atoms. The van der Waals surface area contributed by atoms with Gasteiger partial charge in [0.2, 0.25) is 0 Å². The van der Waals surface area contributed by atoms with E-state index in [1.807, 2.05) is 0 Å². The Bertz CT molecular complexity index is 399. The molecule has 0 unspecified atom stereocenters. The van der Waals surface area contributed by atoms with Gasteiger partial charge in [-0.3, -0.25) is 9.59 Å². The van der Waals surface area contributed by atoms with Gasteiger partial charge in [0.25, 0.3) is 0 Å². The second kappa shape index (κ2) is 20.8. The van der Waals surface area contributed by atoms with Crippen molar-refractivity contribution in [3.8, 4) is 0 Å². The number of carbonyl (C=O) groups is 2. The minimum absolute atomic E-state index is 0.387. The first-order chi connectivity index (χ1) is 14.9. The Labute approximate surface area is 193 Å². The molecule has 0 aromatic rings. The average Bonchev–Trinajstić information content (AvgIpc) is 2.71. The van der Waals surface area contributed by atoms with Gasteiger partial charge in [-0.05, 0) is 31.1 Å². The van der Waals surface area contributed by atoms with Gasteiger partial charge in [-0.2, -0.15) is 0 Å². The predicted molar refractivity (Wildman–Crippen MR) is 130 cm³/mol. The fourth-order valence-corrected chi connectivity index (χ4v) is 3.67. The number of hydrogen-bond acceptors (Lipinski definition) is 4. The number of hydrogen-bond donors (Lipinski definition) is 0. The molecule has 0 spiro atoms. The first kappa shape index (κ1) is 29.9. The van der Waals surface area contributed by atoms with Crippen LogP contribution in [0.15, 0.2) is 0 Å². The lowest BCUT2D eigenvalue weighted by molar-refractivity contribution is -0.162. The van der Waals surface area contributed by atoms with E-state index in [0.717, 1.165) is 57.8 Å². The van der Waals surface area contributed by atoms with Gasteiger partial charge in [-0.1, -0.05) is 112 Å². The number of esters is 2. The fraction of sp³-hybridized carbons (Fsp3) is 0.926. The van der Waals surface area contributed by atoms with Gasteiger partial charge >= 0.3 is 11.9 Å². The van der Waals surface area contributed by atoms with E-state index in [4.69, 9.17) is 9.47 Å². The summed E-state index contributed by atoms with van der Waals surface area (Å²) in [6.45, 7) is 11.9. The van der Waals surface area contributed by atoms with E-state index in [0.29, 0.717) is 31.5 Å². The molecular formula is C27H52O4. The maximum Gasteiger partial charge on any atom is 0.320 e. The van der Waals surface area contributed by atoms with E-state index < -0.39 is 5.92 Å². The van der Waals surface area contributed by atoms with Crippen LogP contribution >= 0.6 is 0 Å². The van der Waals surface area contributed by atoms with Gasteiger partial charge in [0.05, 0.1) is 13.2 Å². The van der Waals surface area contributed by atoms with Crippen molar-refractivity contribution in [2.24, 2.45) is 17.8 Å². The third-order valence-corrected chi connectivity index (χ3v) is 5.76. The van der Waals surface area contributed by atoms with Crippen LogP contribution in [-0.4, -0.2) is 25.2 Å². The SMILES string of the molecule is CCCCCCCCC(C(=O)OCCCCCC(C)C)C(=O)OCCCCCC(C)C. The van der Waals surface area contributed by atoms with E-state index in [2.05, 4.69) is 34.6 Å². The molecule has 0 radical (unpaired) electrons. The topological polar surface area (TPSA) is 52.6 Å². The van der Waals surface area contributed by atoms with Crippen LogP contribution in [0, 0.1) is 17.8 Å². The van der Waals surface area contributed by atoms with Gasteiger partial charge in [-0.25, -0.2) is 0 Å². The molecule has 0 atom stereocenters. The quantitative estimate of drug-likeness (QED) is 0.103. The molecular weight excluding hydrogens is 388 g/mol. The number of ether oxygens (including phenoxy) is 2. The molecule has 0 aromatic carbocycles. The molecule has 0 N–H and O–H groups in total. The minimum Gasteiger partial charge on any atom is -0.465 e. The Balaban J connectivity index is 4.31. The molecule has 0 heterocycles. The molecule has 0 aromatic heterocycles. The minimum atomic E-state index is -0.752. The van der Waals surface area contributed by atoms with Gasteiger partial charge < -0.3 is 9.47 Å². The van der Waals surface area contributed by atoms with E-state index in [-0.39, 0.29) is 11.9 Å². The van der Waals surface area contributed by atoms with Crippen LogP contribution < -0.4 is 0 Å². The highest BCUT2D eigenvalue weighted by Crippen LogP contribution is 2.17. The predicted octanol–water partition coefficient (Wildman–Crippen LogP) is 7.87. The standard InChI is InChI=1S/C27H52O4/c1-6-7-8-9-10-15-20-25(26(28)30-21-16-11-13-18-23(2)3)27(29)31-22-17-12-14-19-24(4)5/h23-25H,6-22H2,1-5H3. The maximum atomic E-state index is 12.6. The highest BCUT2D eigenvalue weighted by molar-refractivity contribution is 5.94. The largest absolute Gasteiger partial charge is 0.465 e. The van der Waals surface area contributed by atoms with Crippen LogP contribution in [0.1, 0.15) is 131 Å². The zero-order valence-electron chi connectivity index (χ0n) is 21.4. The van der Waals surface area contributed by atoms with Crippen molar-refractivity contribution >= 4 is 11.9 Å². The third kappa shape index (κ3) is 19.4. The van der Waals surface area contributed by atoms with Gasteiger partial charge in [0.1, 0.15) is 0 Å². The Morgan fingerprint density at radius 2 is 0.935 bits per heavy atom. The van der Waals surface area contributed by atoms with Crippen LogP contribution in [0.5, 0.6) is 0 Å². The van der Waals surface area contributed by atoms with Crippen molar-refractivity contribution < 1.29 is 19.1 Å². The number of carbonyl (C=O) groups excluding carboxylic acids is 2. The first-order valence-corrected chi connectivity index (χ1v) is 13.2. The molecule has 0 rings (SSSR count). The Kier molecular flexibility index (Phi) is 20.1. The van der Waals surface area contributed by atoms with Crippen molar-refractivity contribution in [1.82, 2.24) is 0 Å². The fourth-order valence-electron chi connectivity index (χ4n) is 3.67. The first-order valence-electron chi connectivity index (χ1n) is 13.2. The van der Waals surface area contributed by atoms with Crippen LogP contribution in [0.3, 0.4) is 0 Å². The van der Waals surface area contributed by atoms with Gasteiger partial charge in [-0.15, -0.1) is 0 Å². The Hall–Kier alpha value is -1.06. The maximum absolute atomic E-state index is 12.6. The molecule has 4 heteroatoms. The normalized spacial score (nSPS) is 11.5. The van der Waals surface area contributed by atoms with E-state index >= 15 is 0 Å². The molecule has 0 amide bonds. The van der Waals surface area contributed by atoms with Crippen molar-refractivity contribution in [2.45, 2.75) is 131 Å². The Morgan fingerprint density at radius 3 is 1.39 bits per heavy atom. The molecule has 0 fully saturated rings. The summed E-state index contributed by atoms with van der Waals surface area (Å²) in [5, 5.41) is 0. The molecule has 184 valence electrons. The zero-order valence-corrected chi connectivity index (χ0v) is 21.4.